The van der Waals surface area contributed by atoms with Gasteiger partial charge in [-0.15, -0.1) is 0 Å². The highest BCUT2D eigenvalue weighted by molar-refractivity contribution is 5.70. The molecular weight excluding hydrogens is 256 g/mol. The summed E-state index contributed by atoms with van der Waals surface area (Å²) in [6, 6.07) is 7.02. The second-order valence-corrected chi connectivity index (χ2v) is 4.92. The summed E-state index contributed by atoms with van der Waals surface area (Å²) in [5.41, 5.74) is 3.89. The summed E-state index contributed by atoms with van der Waals surface area (Å²) in [7, 11) is 0. The maximum absolute atomic E-state index is 9.85. The van der Waals surface area contributed by atoms with Gasteiger partial charge < -0.3 is 20.4 Å². The Morgan fingerprint density at radius 1 is 0.700 bits per heavy atom. The number of hydrogen-bond donors (Lipinski definition) is 4. The lowest BCUT2D eigenvalue weighted by Crippen LogP contribution is -1.94. The Kier molecular flexibility index (Phi) is 3.97. The lowest BCUT2D eigenvalue weighted by atomic mass is 9.96. The molecule has 0 aromatic heterocycles. The fourth-order valence-electron chi connectivity index (χ4n) is 2.29. The third-order valence-corrected chi connectivity index (χ3v) is 3.43. The van der Waals surface area contributed by atoms with E-state index in [2.05, 4.69) is 0 Å². The predicted octanol–water partition coefficient (Wildman–Crippen LogP) is 2.37. The van der Waals surface area contributed by atoms with Gasteiger partial charge in [0, 0.05) is 11.1 Å². The Morgan fingerprint density at radius 2 is 1.10 bits per heavy atom. The first-order chi connectivity index (χ1) is 9.47. The summed E-state index contributed by atoms with van der Waals surface area (Å²) < 4.78 is 0. The van der Waals surface area contributed by atoms with Crippen molar-refractivity contribution in [1.82, 2.24) is 0 Å². The smallest absolute Gasteiger partial charge is 0.126 e. The molecule has 0 fully saturated rings. The number of aliphatic hydroxyl groups excluding tert-OH is 2. The summed E-state index contributed by atoms with van der Waals surface area (Å²) in [5, 5.41) is 38.2. The molecule has 0 bridgehead atoms. The quantitative estimate of drug-likeness (QED) is 0.692. The summed E-state index contributed by atoms with van der Waals surface area (Å²) in [6.07, 6.45) is 0. The van der Waals surface area contributed by atoms with Crippen molar-refractivity contribution in [3.05, 3.63) is 46.5 Å². The van der Waals surface area contributed by atoms with E-state index in [-0.39, 0.29) is 24.7 Å². The van der Waals surface area contributed by atoms with E-state index in [0.29, 0.717) is 11.1 Å². The third-order valence-electron chi connectivity index (χ3n) is 3.43. The molecule has 0 atom stereocenters. The van der Waals surface area contributed by atoms with Crippen LogP contribution in [0.4, 0.5) is 0 Å². The molecular formula is C16H18O4. The number of rotatable bonds is 3. The molecule has 0 saturated carbocycles. The zero-order valence-corrected chi connectivity index (χ0v) is 11.5. The highest BCUT2D eigenvalue weighted by Crippen LogP contribution is 2.33. The predicted molar refractivity (Wildman–Crippen MR) is 76.5 cm³/mol. The van der Waals surface area contributed by atoms with Gasteiger partial charge in [0.05, 0.1) is 13.2 Å². The number of aromatic hydroxyl groups is 2. The molecule has 4 N–H and O–H groups in total. The number of aliphatic hydroxyl groups is 2. The van der Waals surface area contributed by atoms with Crippen molar-refractivity contribution < 1.29 is 20.4 Å². The number of benzene rings is 2. The Balaban J connectivity index is 2.63. The van der Waals surface area contributed by atoms with Gasteiger partial charge in [-0.1, -0.05) is 0 Å². The Morgan fingerprint density at radius 3 is 1.50 bits per heavy atom. The highest BCUT2D eigenvalue weighted by Gasteiger charge is 2.12. The van der Waals surface area contributed by atoms with Crippen LogP contribution in [-0.4, -0.2) is 20.4 Å². The van der Waals surface area contributed by atoms with Crippen molar-refractivity contribution in [2.75, 3.05) is 0 Å². The number of phenols is 2. The van der Waals surface area contributed by atoms with Crippen LogP contribution in [0.3, 0.4) is 0 Å². The normalized spacial score (nSPS) is 10.8. The Labute approximate surface area is 117 Å². The zero-order chi connectivity index (χ0) is 14.9. The van der Waals surface area contributed by atoms with Crippen molar-refractivity contribution in [1.29, 1.82) is 0 Å². The number of aryl methyl sites for hydroxylation is 2. The van der Waals surface area contributed by atoms with Crippen molar-refractivity contribution in [2.45, 2.75) is 27.1 Å². The molecule has 0 aliphatic rings. The minimum Gasteiger partial charge on any atom is -0.507 e. The van der Waals surface area contributed by atoms with Crippen LogP contribution >= 0.6 is 0 Å². The Hall–Kier alpha value is -2.04. The average molecular weight is 274 g/mol. The van der Waals surface area contributed by atoms with Crippen LogP contribution in [-0.2, 0) is 13.2 Å². The standard InChI is InChI=1S/C16H18O4/c1-9-3-11(4-10(2)15(9)19)12-5-13(7-17)16(20)14(6-12)8-18/h3-6,17-20H,7-8H2,1-2H3. The topological polar surface area (TPSA) is 80.9 Å². The maximum Gasteiger partial charge on any atom is 0.126 e. The molecule has 2 rings (SSSR count). The number of hydrogen-bond acceptors (Lipinski definition) is 4. The van der Waals surface area contributed by atoms with Gasteiger partial charge in [-0.25, -0.2) is 0 Å². The van der Waals surface area contributed by atoms with Gasteiger partial charge in [-0.2, -0.15) is 0 Å². The Bertz CT molecular complexity index is 599. The third kappa shape index (κ3) is 2.48. The molecule has 4 nitrogen and oxygen atoms in total. The van der Waals surface area contributed by atoms with E-state index in [1.165, 1.54) is 0 Å². The largest absolute Gasteiger partial charge is 0.507 e. The highest BCUT2D eigenvalue weighted by atomic mass is 16.3. The molecule has 0 heterocycles. The first-order valence-corrected chi connectivity index (χ1v) is 6.35. The van der Waals surface area contributed by atoms with Crippen LogP contribution in [0.25, 0.3) is 11.1 Å². The summed E-state index contributed by atoms with van der Waals surface area (Å²) in [4.78, 5) is 0. The molecule has 2 aromatic rings. The van der Waals surface area contributed by atoms with Crippen LogP contribution < -0.4 is 0 Å². The van der Waals surface area contributed by atoms with Gasteiger partial charge in [0.25, 0.3) is 0 Å². The summed E-state index contributed by atoms with van der Waals surface area (Å²) >= 11 is 0. The monoisotopic (exact) mass is 274 g/mol. The van der Waals surface area contributed by atoms with E-state index >= 15 is 0 Å². The minimum atomic E-state index is -0.303. The van der Waals surface area contributed by atoms with Gasteiger partial charge >= 0.3 is 0 Å². The van der Waals surface area contributed by atoms with Crippen molar-refractivity contribution >= 4 is 0 Å². The van der Waals surface area contributed by atoms with Crippen LogP contribution in [0, 0.1) is 13.8 Å². The molecule has 106 valence electrons. The van der Waals surface area contributed by atoms with Crippen LogP contribution in [0.1, 0.15) is 22.3 Å². The molecule has 4 heteroatoms. The van der Waals surface area contributed by atoms with Crippen molar-refractivity contribution in [2.24, 2.45) is 0 Å². The van der Waals surface area contributed by atoms with E-state index in [1.807, 2.05) is 26.0 Å². The van der Waals surface area contributed by atoms with E-state index in [4.69, 9.17) is 0 Å². The van der Waals surface area contributed by atoms with Gasteiger partial charge in [-0.3, -0.25) is 0 Å². The van der Waals surface area contributed by atoms with Gasteiger partial charge in [0.2, 0.25) is 0 Å². The van der Waals surface area contributed by atoms with Gasteiger partial charge in [0.15, 0.2) is 0 Å². The molecule has 20 heavy (non-hydrogen) atoms. The van der Waals surface area contributed by atoms with Crippen LogP contribution in [0.15, 0.2) is 24.3 Å². The van der Waals surface area contributed by atoms with Gasteiger partial charge in [0.1, 0.15) is 11.5 Å². The summed E-state index contributed by atoms with van der Waals surface area (Å²) in [5.74, 6) is 0.184. The second-order valence-electron chi connectivity index (χ2n) is 4.92. The van der Waals surface area contributed by atoms with Gasteiger partial charge in [-0.05, 0) is 60.4 Å². The van der Waals surface area contributed by atoms with E-state index in [1.54, 1.807) is 12.1 Å². The molecule has 2 aromatic carbocycles. The number of phenolic OH excluding ortho intramolecular Hbond substituents is 1. The lowest BCUT2D eigenvalue weighted by molar-refractivity contribution is 0.264. The molecule has 0 aliphatic heterocycles. The van der Waals surface area contributed by atoms with E-state index in [0.717, 1.165) is 22.3 Å². The molecule has 0 spiro atoms. The molecule has 0 unspecified atom stereocenters. The first kappa shape index (κ1) is 14.4. The summed E-state index contributed by atoms with van der Waals surface area (Å²) in [6.45, 7) is 3.02. The molecule has 0 saturated heterocycles. The van der Waals surface area contributed by atoms with Crippen LogP contribution in [0.5, 0.6) is 11.5 Å². The second kappa shape index (κ2) is 5.53. The first-order valence-electron chi connectivity index (χ1n) is 6.35. The molecule has 0 aliphatic carbocycles. The zero-order valence-electron chi connectivity index (χ0n) is 11.5. The van der Waals surface area contributed by atoms with E-state index in [9.17, 15) is 20.4 Å². The average Bonchev–Trinajstić information content (AvgIpc) is 2.44. The van der Waals surface area contributed by atoms with Crippen molar-refractivity contribution in [3.8, 4) is 22.6 Å². The van der Waals surface area contributed by atoms with Crippen molar-refractivity contribution in [3.63, 3.8) is 0 Å². The SMILES string of the molecule is Cc1cc(-c2cc(CO)c(O)c(CO)c2)cc(C)c1O. The minimum absolute atomic E-state index is 0.0778. The maximum atomic E-state index is 9.85. The molecule has 0 radical (unpaired) electrons. The van der Waals surface area contributed by atoms with Crippen LogP contribution in [0.2, 0.25) is 0 Å². The fraction of sp³-hybridized carbons (Fsp3) is 0.250. The molecule has 0 amide bonds. The fourth-order valence-corrected chi connectivity index (χ4v) is 2.29. The lowest BCUT2D eigenvalue weighted by Gasteiger charge is -2.12. The van der Waals surface area contributed by atoms with E-state index < -0.39 is 0 Å².